The molecule has 8 rings (SSSR count). The third-order valence-corrected chi connectivity index (χ3v) is 8.57. The third-order valence-electron chi connectivity index (χ3n) is 7.69. The number of aromatic amines is 2. The Morgan fingerprint density at radius 1 is 0.791 bits per heavy atom. The fraction of sp³-hybridized carbons (Fsp3) is 0.0645. The van der Waals surface area contributed by atoms with Gasteiger partial charge in [0.25, 0.3) is 0 Å². The molecule has 12 heteroatoms. The number of nitrogens with zero attached hydrogens (tertiary/aromatic N) is 8. The first kappa shape index (κ1) is 25.0. The molecule has 0 aromatic carbocycles. The summed E-state index contributed by atoms with van der Waals surface area (Å²) in [7, 11) is 0. The molecule has 1 aliphatic heterocycles. The number of imidazole rings is 1. The average Bonchev–Trinajstić information content (AvgIpc) is 3.91. The van der Waals surface area contributed by atoms with E-state index in [-0.39, 0.29) is 0 Å². The lowest BCUT2D eigenvalue weighted by Gasteiger charge is -2.47. The van der Waals surface area contributed by atoms with Crippen LogP contribution in [0.1, 0.15) is 33.6 Å². The maximum Gasteiger partial charge on any atom is 0.200 e. The summed E-state index contributed by atoms with van der Waals surface area (Å²) in [5, 5.41) is 9.78. The van der Waals surface area contributed by atoms with Crippen molar-refractivity contribution in [3.63, 3.8) is 0 Å². The highest BCUT2D eigenvalue weighted by Gasteiger charge is 2.72. The predicted octanol–water partition coefficient (Wildman–Crippen LogP) is 5.08. The lowest BCUT2D eigenvalue weighted by Crippen LogP contribution is -2.58. The molecule has 0 amide bonds. The summed E-state index contributed by atoms with van der Waals surface area (Å²) >= 11 is 1.60. The van der Waals surface area contributed by atoms with Crippen molar-refractivity contribution in [3.05, 3.63) is 156 Å². The number of thiophene rings is 1. The van der Waals surface area contributed by atoms with Crippen LogP contribution >= 0.6 is 11.3 Å². The van der Waals surface area contributed by atoms with E-state index in [0.29, 0.717) is 34.6 Å². The zero-order chi connectivity index (χ0) is 28.7. The molecule has 11 nitrogen and oxygen atoms in total. The van der Waals surface area contributed by atoms with Crippen molar-refractivity contribution >= 4 is 28.5 Å². The molecule has 0 bridgehead atoms. The molecule has 7 aromatic rings. The molecule has 0 spiro atoms. The molecule has 0 saturated carbocycles. The number of hydrogen-bond acceptors (Lipinski definition) is 10. The van der Waals surface area contributed by atoms with Gasteiger partial charge in [-0.25, -0.2) is 15.0 Å². The minimum absolute atomic E-state index is 0.467. The molecule has 7 aromatic heterocycles. The lowest BCUT2D eigenvalue weighted by molar-refractivity contribution is 0.343. The Balaban J connectivity index is 1.69. The third kappa shape index (κ3) is 3.44. The highest BCUT2D eigenvalue weighted by atomic mass is 32.1. The fourth-order valence-electron chi connectivity index (χ4n) is 6.29. The number of nitrogens with one attached hydrogen (secondary N) is 2. The summed E-state index contributed by atoms with van der Waals surface area (Å²) in [6.45, 7) is 0. The Labute approximate surface area is 249 Å². The van der Waals surface area contributed by atoms with Gasteiger partial charge in [0, 0.05) is 61.2 Å². The van der Waals surface area contributed by atoms with Crippen molar-refractivity contribution in [3.8, 4) is 0 Å². The summed E-state index contributed by atoms with van der Waals surface area (Å²) in [5.41, 5.74) is 0.965. The summed E-state index contributed by atoms with van der Waals surface area (Å²) in [5.74, 6) is 1.60. The van der Waals surface area contributed by atoms with E-state index >= 15 is 0 Å². The topological polar surface area (TPSA) is 138 Å². The van der Waals surface area contributed by atoms with E-state index in [2.05, 4.69) is 31.1 Å². The highest BCUT2D eigenvalue weighted by molar-refractivity contribution is 7.11. The molecule has 0 fully saturated rings. The number of anilines is 1. The standard InChI is InChI=1S/C31H22N10OS/c1-2-10-33-21(6-1)26-27(22-7-4-19-43-22)41(25-8-3-18-42-25)31(23-9-13-39-40-23,24-20-32-14-15-34-24)30(26,29-37-16-17-38-29)28-35-11-5-12-36-28/h1-20H,(H,37,38)(H,39,40). The van der Waals surface area contributed by atoms with Gasteiger partial charge in [0.15, 0.2) is 11.0 Å². The number of pyridine rings is 1. The van der Waals surface area contributed by atoms with Crippen molar-refractivity contribution in [1.82, 2.24) is 45.1 Å². The zero-order valence-electron chi connectivity index (χ0n) is 22.4. The fourth-order valence-corrected chi connectivity index (χ4v) is 7.06. The van der Waals surface area contributed by atoms with Gasteiger partial charge in [0.05, 0.1) is 40.1 Å². The normalized spacial score (nSPS) is 20.1. The van der Waals surface area contributed by atoms with E-state index in [4.69, 9.17) is 29.3 Å². The first-order valence-electron chi connectivity index (χ1n) is 13.4. The smallest absolute Gasteiger partial charge is 0.200 e. The average molecular weight is 583 g/mol. The lowest BCUT2D eigenvalue weighted by atomic mass is 9.61. The molecule has 1 aliphatic rings. The van der Waals surface area contributed by atoms with E-state index in [1.165, 1.54) is 0 Å². The van der Waals surface area contributed by atoms with Crippen LogP contribution in [0.5, 0.6) is 0 Å². The SMILES string of the molecule is c1ccc(C2=C(c3cccs3)N(c3ccco3)C(c3cnccn3)(c3ccn[nH]3)C2(c2ncccn2)c2ncc[nH]2)nc1. The summed E-state index contributed by atoms with van der Waals surface area (Å²) in [4.78, 5) is 35.9. The zero-order valence-corrected chi connectivity index (χ0v) is 23.3. The molecule has 0 aliphatic carbocycles. The second-order valence-electron chi connectivity index (χ2n) is 9.73. The monoisotopic (exact) mass is 582 g/mol. The van der Waals surface area contributed by atoms with Crippen molar-refractivity contribution in [2.24, 2.45) is 0 Å². The first-order chi connectivity index (χ1) is 21.4. The molecule has 8 heterocycles. The molecule has 2 unspecified atom stereocenters. The van der Waals surface area contributed by atoms with Gasteiger partial charge in [0.2, 0.25) is 5.88 Å². The molecule has 43 heavy (non-hydrogen) atoms. The van der Waals surface area contributed by atoms with Crippen molar-refractivity contribution in [1.29, 1.82) is 0 Å². The summed E-state index contributed by atoms with van der Waals surface area (Å²) in [6.07, 6.45) is 17.2. The maximum atomic E-state index is 6.27. The Hall–Kier alpha value is -5.75. The van der Waals surface area contributed by atoms with Crippen LogP contribution < -0.4 is 4.90 Å². The maximum absolute atomic E-state index is 6.27. The predicted molar refractivity (Wildman–Crippen MR) is 159 cm³/mol. The van der Waals surface area contributed by atoms with Gasteiger partial charge in [-0.2, -0.15) is 5.10 Å². The van der Waals surface area contributed by atoms with E-state index in [9.17, 15) is 0 Å². The van der Waals surface area contributed by atoms with Crippen LogP contribution in [0.2, 0.25) is 0 Å². The molecule has 2 N–H and O–H groups in total. The summed E-state index contributed by atoms with van der Waals surface area (Å²) in [6, 6.07) is 17.5. The largest absolute Gasteiger partial charge is 0.448 e. The van der Waals surface area contributed by atoms with E-state index in [1.807, 2.05) is 47.8 Å². The van der Waals surface area contributed by atoms with Gasteiger partial charge in [0.1, 0.15) is 11.6 Å². The Morgan fingerprint density at radius 3 is 2.40 bits per heavy atom. The van der Waals surface area contributed by atoms with Gasteiger partial charge in [-0.3, -0.25) is 25.0 Å². The molecular weight excluding hydrogens is 560 g/mol. The van der Waals surface area contributed by atoms with Crippen LogP contribution in [0.4, 0.5) is 5.88 Å². The van der Waals surface area contributed by atoms with Crippen LogP contribution in [0.3, 0.4) is 0 Å². The van der Waals surface area contributed by atoms with Crippen LogP contribution in [0.25, 0.3) is 11.3 Å². The minimum atomic E-state index is -1.32. The van der Waals surface area contributed by atoms with Crippen LogP contribution in [-0.2, 0) is 11.0 Å². The van der Waals surface area contributed by atoms with Crippen LogP contribution in [-0.4, -0.2) is 45.1 Å². The number of aromatic nitrogens is 9. The second-order valence-corrected chi connectivity index (χ2v) is 10.7. The van der Waals surface area contributed by atoms with Crippen molar-refractivity contribution < 1.29 is 4.42 Å². The Morgan fingerprint density at radius 2 is 1.72 bits per heavy atom. The van der Waals surface area contributed by atoms with E-state index < -0.39 is 11.0 Å². The minimum Gasteiger partial charge on any atom is -0.448 e. The molecule has 208 valence electrons. The molecule has 0 radical (unpaired) electrons. The quantitative estimate of drug-likeness (QED) is 0.263. The number of H-pyrrole nitrogens is 2. The van der Waals surface area contributed by atoms with Crippen molar-refractivity contribution in [2.75, 3.05) is 4.90 Å². The molecule has 0 saturated heterocycles. The number of rotatable bonds is 7. The Bertz CT molecular complexity index is 1960. The van der Waals surface area contributed by atoms with Gasteiger partial charge in [-0.05, 0) is 41.8 Å². The van der Waals surface area contributed by atoms with Gasteiger partial charge < -0.3 is 9.40 Å². The second kappa shape index (κ2) is 9.96. The molecular formula is C31H22N10OS. The number of hydrogen-bond donors (Lipinski definition) is 2. The highest BCUT2D eigenvalue weighted by Crippen LogP contribution is 2.67. The van der Waals surface area contributed by atoms with E-state index in [0.717, 1.165) is 16.1 Å². The Kier molecular flexibility index (Phi) is 5.79. The summed E-state index contributed by atoms with van der Waals surface area (Å²) < 4.78 is 6.27. The number of furan rings is 1. The van der Waals surface area contributed by atoms with Gasteiger partial charge >= 0.3 is 0 Å². The van der Waals surface area contributed by atoms with Gasteiger partial charge in [-0.1, -0.05) is 12.1 Å². The molecule has 2 atom stereocenters. The van der Waals surface area contributed by atoms with Gasteiger partial charge in [-0.15, -0.1) is 11.3 Å². The van der Waals surface area contributed by atoms with E-state index in [1.54, 1.807) is 79.4 Å². The van der Waals surface area contributed by atoms with Crippen LogP contribution in [0.15, 0.2) is 126 Å². The first-order valence-corrected chi connectivity index (χ1v) is 14.3. The van der Waals surface area contributed by atoms with Crippen LogP contribution in [0, 0.1) is 0 Å². The van der Waals surface area contributed by atoms with Crippen molar-refractivity contribution in [2.45, 2.75) is 11.0 Å².